The van der Waals surface area contributed by atoms with Gasteiger partial charge in [0.15, 0.2) is 0 Å². The topological polar surface area (TPSA) is 246 Å². The monoisotopic (exact) mass is 702 g/mol. The molecule has 2 heterocycles. The molecule has 4 amide bonds. The first kappa shape index (κ1) is 40.8. The molecule has 2 saturated heterocycles. The molecule has 0 bridgehead atoms. The first-order chi connectivity index (χ1) is 22.9. The maximum atomic E-state index is 12.9. The summed E-state index contributed by atoms with van der Waals surface area (Å²) in [6, 6.07) is 0. The van der Waals surface area contributed by atoms with Gasteiger partial charge >= 0.3 is 17.9 Å². The summed E-state index contributed by atoms with van der Waals surface area (Å²) in [4.78, 5) is 92.4. The Morgan fingerprint density at radius 3 is 1.58 bits per heavy atom. The zero-order valence-electron chi connectivity index (χ0n) is 27.3. The van der Waals surface area contributed by atoms with Gasteiger partial charge in [-0.05, 0) is 19.4 Å². The normalized spacial score (nSPS) is 19.4. The predicted octanol–water partition coefficient (Wildman–Crippen LogP) is -3.32. The summed E-state index contributed by atoms with van der Waals surface area (Å²) < 4.78 is 0. The van der Waals surface area contributed by atoms with Crippen molar-refractivity contribution in [1.82, 2.24) is 35.1 Å². The molecule has 0 aromatic heterocycles. The number of nitrogens with two attached hydrogens (primary N) is 1. The number of likely N-dealkylation sites (tertiary alicyclic amines) is 1. The minimum atomic E-state index is -1.05. The predicted molar refractivity (Wildman–Crippen MR) is 175 cm³/mol. The number of thioether (sulfide) groups is 1. The minimum Gasteiger partial charge on any atom is -0.480 e. The fourth-order valence-corrected chi connectivity index (χ4v) is 6.26. The molecule has 2 aliphatic rings. The number of carbonyl (C=O) groups is 7. The molecule has 2 fully saturated rings. The van der Waals surface area contributed by atoms with E-state index in [9.17, 15) is 48.9 Å². The van der Waals surface area contributed by atoms with Gasteiger partial charge in [-0.15, -0.1) is 11.8 Å². The number of amides is 4. The molecule has 2 aliphatic heterocycles. The fourth-order valence-electron chi connectivity index (χ4n) is 5.27. The Bertz CT molecular complexity index is 1080. The second kappa shape index (κ2) is 22.3. The SMILES string of the molecule is NCCCCCNC(=O)CSC1CC(=O)N(CCNC(=O)CN2CCN(CC(=O)O)CCN(CC(=O)O)CCN(CC(=O)O)CC2)C1=O. The maximum absolute atomic E-state index is 12.9. The number of unbranched alkanes of at least 4 members (excludes halogenated alkanes) is 2. The van der Waals surface area contributed by atoms with Gasteiger partial charge in [-0.3, -0.25) is 58.1 Å². The molecule has 7 N–H and O–H groups in total. The van der Waals surface area contributed by atoms with E-state index in [0.717, 1.165) is 35.9 Å². The summed E-state index contributed by atoms with van der Waals surface area (Å²) in [5.41, 5.74) is 5.46. The lowest BCUT2D eigenvalue weighted by Gasteiger charge is -2.32. The molecule has 19 heteroatoms. The van der Waals surface area contributed by atoms with Crippen molar-refractivity contribution >= 4 is 53.3 Å². The smallest absolute Gasteiger partial charge is 0.317 e. The first-order valence-corrected chi connectivity index (χ1v) is 17.2. The van der Waals surface area contributed by atoms with Gasteiger partial charge in [-0.1, -0.05) is 6.42 Å². The number of imide groups is 1. The molecule has 18 nitrogen and oxygen atoms in total. The lowest BCUT2D eigenvalue weighted by Crippen LogP contribution is -2.50. The van der Waals surface area contributed by atoms with E-state index >= 15 is 0 Å². The van der Waals surface area contributed by atoms with Gasteiger partial charge in [0.05, 0.1) is 37.2 Å². The van der Waals surface area contributed by atoms with Crippen LogP contribution in [0.1, 0.15) is 25.7 Å². The van der Waals surface area contributed by atoms with Gasteiger partial charge < -0.3 is 31.7 Å². The Labute approximate surface area is 284 Å². The van der Waals surface area contributed by atoms with E-state index in [1.165, 1.54) is 0 Å². The van der Waals surface area contributed by atoms with Crippen molar-refractivity contribution in [2.45, 2.75) is 30.9 Å². The molecule has 2 rings (SSSR count). The van der Waals surface area contributed by atoms with Crippen LogP contribution in [0.4, 0.5) is 0 Å². The van der Waals surface area contributed by atoms with E-state index in [1.54, 1.807) is 19.6 Å². The fraction of sp³-hybridized carbons (Fsp3) is 0.759. The molecule has 48 heavy (non-hydrogen) atoms. The van der Waals surface area contributed by atoms with Crippen LogP contribution in [0.5, 0.6) is 0 Å². The molecule has 0 saturated carbocycles. The average Bonchev–Trinajstić information content (AvgIpc) is 3.28. The molecule has 0 spiro atoms. The summed E-state index contributed by atoms with van der Waals surface area (Å²) in [6.45, 7) is 2.34. The molecule has 0 aromatic carbocycles. The van der Waals surface area contributed by atoms with Crippen LogP contribution in [0.3, 0.4) is 0 Å². The Hall–Kier alpha value is -3.36. The van der Waals surface area contributed by atoms with Crippen molar-refractivity contribution in [3.63, 3.8) is 0 Å². The largest absolute Gasteiger partial charge is 0.480 e. The zero-order chi connectivity index (χ0) is 35.5. The number of carbonyl (C=O) groups excluding carboxylic acids is 4. The quantitative estimate of drug-likeness (QED) is 0.0570. The third-order valence-corrected chi connectivity index (χ3v) is 9.05. The summed E-state index contributed by atoms with van der Waals surface area (Å²) >= 11 is 1.11. The van der Waals surface area contributed by atoms with Gasteiger partial charge in [0, 0.05) is 78.4 Å². The first-order valence-electron chi connectivity index (χ1n) is 16.1. The second-order valence-corrected chi connectivity index (χ2v) is 12.9. The number of aliphatic carboxylic acids is 3. The van der Waals surface area contributed by atoms with Crippen LogP contribution >= 0.6 is 11.8 Å². The van der Waals surface area contributed by atoms with E-state index in [-0.39, 0.29) is 116 Å². The van der Waals surface area contributed by atoms with Crippen molar-refractivity contribution in [1.29, 1.82) is 0 Å². The standard InChI is InChI=1S/C29H50N8O10S/c30-4-2-1-3-5-31-24(39)21-48-22-16-25(40)37(29(22)47)7-6-32-23(38)17-33-8-10-34(18-26(41)42)12-14-36(20-28(45)46)15-13-35(11-9-33)19-27(43)44/h22H,1-21,30H2,(H,31,39)(H,32,38)(H,41,42)(H,43,44)(H,45,46). The van der Waals surface area contributed by atoms with Gasteiger partial charge in [0.25, 0.3) is 0 Å². The molecular weight excluding hydrogens is 652 g/mol. The van der Waals surface area contributed by atoms with Crippen LogP contribution in [0.15, 0.2) is 0 Å². The van der Waals surface area contributed by atoms with Gasteiger partial charge in [-0.25, -0.2) is 0 Å². The Balaban J connectivity index is 1.90. The van der Waals surface area contributed by atoms with E-state index < -0.39 is 35.0 Å². The lowest BCUT2D eigenvalue weighted by atomic mass is 10.2. The van der Waals surface area contributed by atoms with Crippen LogP contribution in [0, 0.1) is 0 Å². The number of hydrogen-bond donors (Lipinski definition) is 6. The highest BCUT2D eigenvalue weighted by Gasteiger charge is 2.38. The van der Waals surface area contributed by atoms with E-state index in [2.05, 4.69) is 10.6 Å². The average molecular weight is 703 g/mol. The number of hydrogen-bond acceptors (Lipinski definition) is 13. The van der Waals surface area contributed by atoms with Gasteiger partial charge in [-0.2, -0.15) is 0 Å². The van der Waals surface area contributed by atoms with Crippen LogP contribution in [0.25, 0.3) is 0 Å². The zero-order valence-corrected chi connectivity index (χ0v) is 28.2. The number of carboxylic acid groups (broad SMARTS) is 3. The summed E-state index contributed by atoms with van der Waals surface area (Å²) in [6.07, 6.45) is 2.59. The lowest BCUT2D eigenvalue weighted by molar-refractivity contribution is -0.140. The minimum absolute atomic E-state index is 0.0144. The third-order valence-electron chi connectivity index (χ3n) is 7.85. The number of rotatable bonds is 19. The number of nitrogens with one attached hydrogen (secondary N) is 2. The van der Waals surface area contributed by atoms with Crippen LogP contribution in [0.2, 0.25) is 0 Å². The highest BCUT2D eigenvalue weighted by Crippen LogP contribution is 2.24. The molecule has 0 aromatic rings. The van der Waals surface area contributed by atoms with E-state index in [4.69, 9.17) is 5.73 Å². The Morgan fingerprint density at radius 1 is 0.667 bits per heavy atom. The molecule has 0 aliphatic carbocycles. The van der Waals surface area contributed by atoms with E-state index in [0.29, 0.717) is 13.1 Å². The maximum Gasteiger partial charge on any atom is 0.317 e. The van der Waals surface area contributed by atoms with Crippen LogP contribution in [-0.2, 0) is 33.6 Å². The Kier molecular flexibility index (Phi) is 19.0. The van der Waals surface area contributed by atoms with Crippen LogP contribution < -0.4 is 16.4 Å². The van der Waals surface area contributed by atoms with Crippen molar-refractivity contribution in [2.24, 2.45) is 5.73 Å². The molecule has 272 valence electrons. The molecular formula is C29H50N8O10S. The van der Waals surface area contributed by atoms with Crippen LogP contribution in [-0.4, -0.2) is 197 Å². The Morgan fingerprint density at radius 2 is 1.12 bits per heavy atom. The van der Waals surface area contributed by atoms with Crippen molar-refractivity contribution in [3.8, 4) is 0 Å². The van der Waals surface area contributed by atoms with Gasteiger partial charge in [0.2, 0.25) is 23.6 Å². The third kappa shape index (κ3) is 16.6. The molecule has 0 radical (unpaired) electrons. The second-order valence-electron chi connectivity index (χ2n) is 11.7. The molecule has 1 unspecified atom stereocenters. The van der Waals surface area contributed by atoms with Crippen molar-refractivity contribution in [3.05, 3.63) is 0 Å². The summed E-state index contributed by atoms with van der Waals surface area (Å²) in [5, 5.41) is 32.9. The highest BCUT2D eigenvalue weighted by molar-refractivity contribution is 8.01. The van der Waals surface area contributed by atoms with E-state index in [1.807, 2.05) is 0 Å². The van der Waals surface area contributed by atoms with Crippen molar-refractivity contribution < 1.29 is 48.9 Å². The highest BCUT2D eigenvalue weighted by atomic mass is 32.2. The summed E-state index contributed by atoms with van der Waals surface area (Å²) in [5.74, 6) is -4.48. The van der Waals surface area contributed by atoms with Gasteiger partial charge in [0.1, 0.15) is 0 Å². The van der Waals surface area contributed by atoms with Crippen molar-refractivity contribution in [2.75, 3.05) is 110 Å². The molecule has 1 atom stereocenters. The number of nitrogens with zero attached hydrogens (tertiary/aromatic N) is 5. The number of carboxylic acids is 3. The summed E-state index contributed by atoms with van der Waals surface area (Å²) in [7, 11) is 0.